The molecular formula is C32H38FN5O6Si. The molecule has 3 aliphatic heterocycles. The molecule has 0 bridgehead atoms. The number of nitrogens with zero attached hydrogens (tertiary/aromatic N) is 5. The van der Waals surface area contributed by atoms with Gasteiger partial charge in [0.05, 0.1) is 30.5 Å². The van der Waals surface area contributed by atoms with Gasteiger partial charge in [0.15, 0.2) is 11.8 Å². The number of aromatic nitrogens is 3. The van der Waals surface area contributed by atoms with Gasteiger partial charge in [-0.25, -0.2) is 0 Å². The molecule has 0 aliphatic carbocycles. The molecule has 1 aromatic heterocycles. The first-order valence-corrected chi connectivity index (χ1v) is 18.3. The molecule has 3 aliphatic rings. The predicted molar refractivity (Wildman–Crippen MR) is 165 cm³/mol. The Hall–Kier alpha value is -3.94. The van der Waals surface area contributed by atoms with Crippen LogP contribution in [-0.4, -0.2) is 65.2 Å². The van der Waals surface area contributed by atoms with Crippen LogP contribution in [0.3, 0.4) is 0 Å². The highest BCUT2D eigenvalue weighted by Crippen LogP contribution is 2.61. The Morgan fingerprint density at radius 2 is 1.96 bits per heavy atom. The first-order valence-electron chi connectivity index (χ1n) is 15.3. The second-order valence-electron chi connectivity index (χ2n) is 12.6. The molecule has 2 fully saturated rings. The summed E-state index contributed by atoms with van der Waals surface area (Å²) >= 11 is 0. The number of β-lactam (4-membered cyclic amide) rings is 1. The van der Waals surface area contributed by atoms with Gasteiger partial charge in [0.25, 0.3) is 5.91 Å². The van der Waals surface area contributed by atoms with Crippen molar-refractivity contribution in [1.29, 1.82) is 0 Å². The van der Waals surface area contributed by atoms with Crippen molar-refractivity contribution in [1.82, 2.24) is 15.0 Å². The van der Waals surface area contributed by atoms with Gasteiger partial charge >= 0.3 is 5.97 Å². The lowest BCUT2D eigenvalue weighted by Crippen LogP contribution is -2.55. The number of aliphatic hydroxyl groups excluding tert-OH is 1. The summed E-state index contributed by atoms with van der Waals surface area (Å²) in [5.74, 6) is -1.49. The average molecular weight is 636 g/mol. The number of rotatable bonds is 10. The number of anilines is 2. The smallest absolute Gasteiger partial charge is 0.304 e. The van der Waals surface area contributed by atoms with Gasteiger partial charge in [0, 0.05) is 55.4 Å². The predicted octanol–water partition coefficient (Wildman–Crippen LogP) is 3.85. The molecule has 1 unspecified atom stereocenters. The fourth-order valence-electron chi connectivity index (χ4n) is 7.30. The Labute approximate surface area is 262 Å². The Balaban J connectivity index is 1.40. The van der Waals surface area contributed by atoms with Crippen LogP contribution in [0.2, 0.25) is 18.6 Å². The number of hydrogen-bond donors (Lipinski definition) is 1. The van der Waals surface area contributed by atoms with E-state index in [9.17, 15) is 19.5 Å². The highest BCUT2D eigenvalue weighted by atomic mass is 28.4. The van der Waals surface area contributed by atoms with Gasteiger partial charge in [0.2, 0.25) is 14.3 Å². The Morgan fingerprint density at radius 3 is 2.62 bits per heavy atom. The van der Waals surface area contributed by atoms with E-state index in [-0.39, 0.29) is 24.8 Å². The maximum Gasteiger partial charge on any atom is 0.304 e. The van der Waals surface area contributed by atoms with E-state index in [4.69, 9.17) is 9.47 Å². The fourth-order valence-corrected chi connectivity index (χ4v) is 9.84. The lowest BCUT2D eigenvalue weighted by molar-refractivity contribution is -0.153. The van der Waals surface area contributed by atoms with Crippen molar-refractivity contribution < 1.29 is 33.1 Å². The van der Waals surface area contributed by atoms with Crippen molar-refractivity contribution in [2.45, 2.75) is 82.8 Å². The van der Waals surface area contributed by atoms with Crippen LogP contribution < -0.4 is 9.80 Å². The van der Waals surface area contributed by atoms with Gasteiger partial charge in [-0.2, -0.15) is 0 Å². The number of fused-ring (bicyclic) bond motifs is 2. The lowest BCUT2D eigenvalue weighted by Gasteiger charge is -2.39. The van der Waals surface area contributed by atoms with Crippen molar-refractivity contribution in [3.8, 4) is 0 Å². The number of aliphatic hydroxyl groups is 1. The van der Waals surface area contributed by atoms with Crippen molar-refractivity contribution in [2.75, 3.05) is 16.4 Å². The van der Waals surface area contributed by atoms with E-state index in [2.05, 4.69) is 10.3 Å². The van der Waals surface area contributed by atoms with Gasteiger partial charge in [0.1, 0.15) is 0 Å². The number of benzene rings is 2. The molecule has 5 atom stereocenters. The largest absolute Gasteiger partial charge is 0.441 e. The van der Waals surface area contributed by atoms with Crippen LogP contribution in [0.25, 0.3) is 0 Å². The van der Waals surface area contributed by atoms with E-state index in [0.717, 1.165) is 5.56 Å². The molecule has 2 saturated heterocycles. The quantitative estimate of drug-likeness (QED) is 0.154. The molecule has 2 aromatic carbocycles. The second kappa shape index (κ2) is 11.8. The topological polar surface area (TPSA) is 127 Å². The summed E-state index contributed by atoms with van der Waals surface area (Å²) in [5, 5.41) is 17.5. The first-order chi connectivity index (χ1) is 21.4. The molecule has 2 amide bonds. The zero-order valence-electron chi connectivity index (χ0n) is 25.9. The summed E-state index contributed by atoms with van der Waals surface area (Å²) in [6, 6.07) is 14.9. The summed E-state index contributed by atoms with van der Waals surface area (Å²) in [6.07, 6.45) is 1.29. The average Bonchev–Trinajstić information content (AvgIpc) is 3.62. The summed E-state index contributed by atoms with van der Waals surface area (Å²) in [6.45, 7) is 7.14. The molecule has 45 heavy (non-hydrogen) atoms. The van der Waals surface area contributed by atoms with Crippen LogP contribution in [0.4, 0.5) is 15.5 Å². The van der Waals surface area contributed by atoms with E-state index in [0.29, 0.717) is 48.6 Å². The summed E-state index contributed by atoms with van der Waals surface area (Å²) in [4.78, 5) is 42.2. The van der Waals surface area contributed by atoms with E-state index in [1.165, 1.54) is 11.8 Å². The summed E-state index contributed by atoms with van der Waals surface area (Å²) < 4.78 is 30.1. The number of carbonyl (C=O) groups excluding carboxylic acids is 3. The van der Waals surface area contributed by atoms with Gasteiger partial charge in [-0.05, 0) is 43.3 Å². The number of aryl methyl sites for hydroxylation is 1. The maximum absolute atomic E-state index is 16.3. The van der Waals surface area contributed by atoms with Crippen LogP contribution in [0.15, 0.2) is 54.7 Å². The van der Waals surface area contributed by atoms with E-state index >= 15 is 4.11 Å². The fraction of sp³-hybridized carbons (Fsp3) is 0.469. The molecule has 1 N–H and O–H groups in total. The maximum atomic E-state index is 16.3. The first kappa shape index (κ1) is 31.1. The number of esters is 1. The molecule has 3 aromatic rings. The van der Waals surface area contributed by atoms with Crippen LogP contribution in [0.5, 0.6) is 0 Å². The van der Waals surface area contributed by atoms with Crippen LogP contribution in [0.1, 0.15) is 43.5 Å². The molecular weight excluding hydrogens is 597 g/mol. The number of halogens is 1. The third-order valence-electron chi connectivity index (χ3n) is 9.21. The zero-order chi connectivity index (χ0) is 32.1. The minimum Gasteiger partial charge on any atom is -0.441 e. The van der Waals surface area contributed by atoms with Crippen molar-refractivity contribution in [2.24, 2.45) is 5.92 Å². The molecule has 13 heteroatoms. The number of ether oxygens (including phenoxy) is 2. The van der Waals surface area contributed by atoms with E-state index in [1.54, 1.807) is 47.1 Å². The van der Waals surface area contributed by atoms with E-state index < -0.39 is 43.8 Å². The number of carbonyl (C=O) groups is 3. The monoisotopic (exact) mass is 635 g/mol. The van der Waals surface area contributed by atoms with Crippen molar-refractivity contribution in [3.05, 3.63) is 71.5 Å². The summed E-state index contributed by atoms with van der Waals surface area (Å²) in [5.41, 5.74) is 1.27. The highest BCUT2D eigenvalue weighted by Gasteiger charge is 2.66. The molecule has 11 nitrogen and oxygen atoms in total. The van der Waals surface area contributed by atoms with Crippen molar-refractivity contribution >= 4 is 37.6 Å². The Morgan fingerprint density at radius 1 is 1.20 bits per heavy atom. The second-order valence-corrected chi connectivity index (χ2v) is 16.4. The van der Waals surface area contributed by atoms with Gasteiger partial charge in [-0.15, -0.1) is 5.10 Å². The minimum absolute atomic E-state index is 0.0399. The lowest BCUT2D eigenvalue weighted by atomic mass is 9.82. The standard InChI is InChI=1S/C32H38FN5O6Si/c1-20-30(45(3,4)33)27(12-14-36-19-23(13-15-39)34-35-36)44-32(20)25-16-24(38-28(41)17-29(38)43-21(2)40)10-11-26(25)37(31(32)42)18-22-8-6-5-7-9-22/h5-11,16,19-20,27,29-30,39H,12-15,17-18H2,1-4H3/t20-,27+,29?,30-,32+/m1/s1. The van der Waals surface area contributed by atoms with Gasteiger partial charge in [-0.3, -0.25) is 24.0 Å². The molecule has 0 radical (unpaired) electrons. The third-order valence-corrected chi connectivity index (χ3v) is 11.7. The minimum atomic E-state index is -3.40. The van der Waals surface area contributed by atoms with Gasteiger partial charge < -0.3 is 23.6 Å². The molecule has 6 rings (SSSR count). The molecule has 0 saturated carbocycles. The SMILES string of the molecule is CC(=O)OC1CC(=O)N1c1ccc2c(c1)[C@]1(O[C@@H](CCn3cc(CCO)nn3)[C@H]([Si](C)(C)F)[C@H]1C)C(=O)N2Cc1ccccc1. The van der Waals surface area contributed by atoms with Crippen LogP contribution in [-0.2, 0) is 49.0 Å². The molecule has 4 heterocycles. The zero-order valence-corrected chi connectivity index (χ0v) is 26.9. The Kier molecular flexibility index (Phi) is 8.12. The number of amides is 2. The Bertz CT molecular complexity index is 1610. The normalized spacial score (nSPS) is 26.0. The van der Waals surface area contributed by atoms with E-state index in [1.807, 2.05) is 37.3 Å². The third kappa shape index (κ3) is 5.46. The van der Waals surface area contributed by atoms with Gasteiger partial charge in [-0.1, -0.05) is 42.5 Å². The van der Waals surface area contributed by atoms with Crippen molar-refractivity contribution in [3.63, 3.8) is 0 Å². The summed E-state index contributed by atoms with van der Waals surface area (Å²) in [7, 11) is -3.40. The molecule has 1 spiro atoms. The van der Waals surface area contributed by atoms with Crippen LogP contribution >= 0.6 is 0 Å². The number of hydrogen-bond acceptors (Lipinski definition) is 8. The highest BCUT2D eigenvalue weighted by molar-refractivity contribution is 6.72. The molecule has 238 valence electrons. The van der Waals surface area contributed by atoms with Crippen LogP contribution in [0, 0.1) is 5.92 Å².